The molecule has 0 aromatic carbocycles. The SMILES string of the molecule is CCC(NC(=O)C1CCCC(N)C1C)C1CCCCC1. The van der Waals surface area contributed by atoms with Crippen molar-refractivity contribution in [2.45, 2.75) is 83.7 Å². The first-order valence-corrected chi connectivity index (χ1v) is 8.69. The van der Waals surface area contributed by atoms with E-state index in [2.05, 4.69) is 19.2 Å². The van der Waals surface area contributed by atoms with Crippen LogP contribution in [0.5, 0.6) is 0 Å². The summed E-state index contributed by atoms with van der Waals surface area (Å²) in [5.41, 5.74) is 6.13. The summed E-state index contributed by atoms with van der Waals surface area (Å²) in [6.45, 7) is 4.35. The van der Waals surface area contributed by atoms with E-state index < -0.39 is 0 Å². The molecule has 0 spiro atoms. The minimum Gasteiger partial charge on any atom is -0.353 e. The monoisotopic (exact) mass is 280 g/mol. The predicted octanol–water partition coefficient (Wildman–Crippen LogP) is 3.23. The van der Waals surface area contributed by atoms with Crippen LogP contribution in [0.3, 0.4) is 0 Å². The summed E-state index contributed by atoms with van der Waals surface area (Å²) in [4.78, 5) is 12.6. The molecule has 1 amide bonds. The lowest BCUT2D eigenvalue weighted by molar-refractivity contribution is -0.129. The van der Waals surface area contributed by atoms with Crippen molar-refractivity contribution < 1.29 is 4.79 Å². The molecule has 2 saturated carbocycles. The minimum atomic E-state index is 0.136. The fourth-order valence-electron chi connectivity index (χ4n) is 4.15. The summed E-state index contributed by atoms with van der Waals surface area (Å²) >= 11 is 0. The molecule has 20 heavy (non-hydrogen) atoms. The van der Waals surface area contributed by atoms with E-state index in [-0.39, 0.29) is 17.9 Å². The van der Waals surface area contributed by atoms with Gasteiger partial charge in [0, 0.05) is 18.0 Å². The van der Waals surface area contributed by atoms with Crippen LogP contribution in [-0.2, 0) is 4.79 Å². The van der Waals surface area contributed by atoms with Crippen LogP contribution < -0.4 is 11.1 Å². The number of amides is 1. The van der Waals surface area contributed by atoms with Crippen molar-refractivity contribution >= 4 is 5.91 Å². The van der Waals surface area contributed by atoms with Gasteiger partial charge >= 0.3 is 0 Å². The summed E-state index contributed by atoms with van der Waals surface area (Å²) < 4.78 is 0. The fraction of sp³-hybridized carbons (Fsp3) is 0.941. The van der Waals surface area contributed by atoms with Crippen LogP contribution in [0.2, 0.25) is 0 Å². The van der Waals surface area contributed by atoms with E-state index >= 15 is 0 Å². The number of nitrogens with two attached hydrogens (primary N) is 1. The van der Waals surface area contributed by atoms with Crippen molar-refractivity contribution in [2.24, 2.45) is 23.5 Å². The zero-order valence-electron chi connectivity index (χ0n) is 13.2. The van der Waals surface area contributed by atoms with E-state index in [4.69, 9.17) is 5.73 Å². The Hall–Kier alpha value is -0.570. The van der Waals surface area contributed by atoms with E-state index in [0.29, 0.717) is 17.9 Å². The summed E-state index contributed by atoms with van der Waals surface area (Å²) in [6, 6.07) is 0.586. The number of carbonyl (C=O) groups excluding carboxylic acids is 1. The maximum absolute atomic E-state index is 12.6. The molecule has 0 radical (unpaired) electrons. The van der Waals surface area contributed by atoms with E-state index in [1.165, 1.54) is 32.1 Å². The van der Waals surface area contributed by atoms with Crippen LogP contribution in [0.25, 0.3) is 0 Å². The molecule has 2 rings (SSSR count). The van der Waals surface area contributed by atoms with E-state index in [0.717, 1.165) is 25.7 Å². The van der Waals surface area contributed by atoms with Gasteiger partial charge in [0.1, 0.15) is 0 Å². The molecule has 0 heterocycles. The molecule has 0 aromatic heterocycles. The predicted molar refractivity (Wildman–Crippen MR) is 83.3 cm³/mol. The highest BCUT2D eigenvalue weighted by Crippen LogP contribution is 2.31. The van der Waals surface area contributed by atoms with Crippen LogP contribution in [0.4, 0.5) is 0 Å². The van der Waals surface area contributed by atoms with Gasteiger partial charge in [-0.3, -0.25) is 4.79 Å². The molecule has 0 bridgehead atoms. The molecule has 3 nitrogen and oxygen atoms in total. The molecule has 2 fully saturated rings. The van der Waals surface area contributed by atoms with Crippen molar-refractivity contribution in [3.05, 3.63) is 0 Å². The summed E-state index contributed by atoms with van der Waals surface area (Å²) in [5.74, 6) is 1.43. The van der Waals surface area contributed by atoms with Crippen LogP contribution >= 0.6 is 0 Å². The molecule has 4 unspecified atom stereocenters. The van der Waals surface area contributed by atoms with Gasteiger partial charge in [0.15, 0.2) is 0 Å². The van der Waals surface area contributed by atoms with Gasteiger partial charge in [-0.2, -0.15) is 0 Å². The largest absolute Gasteiger partial charge is 0.353 e. The Labute approximate surface area is 124 Å². The molecule has 4 atom stereocenters. The topological polar surface area (TPSA) is 55.1 Å². The third-order valence-electron chi connectivity index (χ3n) is 5.69. The first-order chi connectivity index (χ1) is 9.63. The van der Waals surface area contributed by atoms with Crippen LogP contribution in [0, 0.1) is 17.8 Å². The van der Waals surface area contributed by atoms with Gasteiger partial charge in [-0.25, -0.2) is 0 Å². The molecule has 0 aliphatic heterocycles. The van der Waals surface area contributed by atoms with Gasteiger partial charge < -0.3 is 11.1 Å². The maximum atomic E-state index is 12.6. The highest BCUT2D eigenvalue weighted by atomic mass is 16.2. The summed E-state index contributed by atoms with van der Waals surface area (Å²) in [6.07, 6.45) is 10.9. The van der Waals surface area contributed by atoms with Crippen LogP contribution in [0.15, 0.2) is 0 Å². The molecule has 0 aromatic rings. The van der Waals surface area contributed by atoms with E-state index in [9.17, 15) is 4.79 Å². The van der Waals surface area contributed by atoms with Gasteiger partial charge in [-0.15, -0.1) is 0 Å². The smallest absolute Gasteiger partial charge is 0.223 e. The van der Waals surface area contributed by atoms with Crippen molar-refractivity contribution in [1.82, 2.24) is 5.32 Å². The molecular weight excluding hydrogens is 248 g/mol. The lowest BCUT2D eigenvalue weighted by Crippen LogP contribution is -2.48. The Bertz CT molecular complexity index is 312. The highest BCUT2D eigenvalue weighted by molar-refractivity contribution is 5.79. The molecule has 116 valence electrons. The Morgan fingerprint density at radius 3 is 2.50 bits per heavy atom. The van der Waals surface area contributed by atoms with Crippen molar-refractivity contribution in [3.63, 3.8) is 0 Å². The number of hydrogen-bond donors (Lipinski definition) is 2. The quantitative estimate of drug-likeness (QED) is 0.830. The highest BCUT2D eigenvalue weighted by Gasteiger charge is 2.34. The molecule has 2 aliphatic rings. The van der Waals surface area contributed by atoms with Gasteiger partial charge in [-0.1, -0.05) is 39.5 Å². The second-order valence-corrected chi connectivity index (χ2v) is 6.98. The van der Waals surface area contributed by atoms with Crippen LogP contribution in [0.1, 0.15) is 71.6 Å². The summed E-state index contributed by atoms with van der Waals surface area (Å²) in [5, 5.41) is 3.36. The van der Waals surface area contributed by atoms with Gasteiger partial charge in [0.25, 0.3) is 0 Å². The average Bonchev–Trinajstić information content (AvgIpc) is 2.48. The lowest BCUT2D eigenvalue weighted by atomic mass is 9.76. The van der Waals surface area contributed by atoms with Gasteiger partial charge in [0.05, 0.1) is 0 Å². The Morgan fingerprint density at radius 2 is 1.85 bits per heavy atom. The van der Waals surface area contributed by atoms with Crippen molar-refractivity contribution in [1.29, 1.82) is 0 Å². The zero-order valence-corrected chi connectivity index (χ0v) is 13.2. The lowest BCUT2D eigenvalue weighted by Gasteiger charge is -2.36. The molecule has 2 aliphatic carbocycles. The van der Waals surface area contributed by atoms with Crippen molar-refractivity contribution in [3.8, 4) is 0 Å². The fourth-order valence-corrected chi connectivity index (χ4v) is 4.15. The normalized spacial score (nSPS) is 33.6. The number of hydrogen-bond acceptors (Lipinski definition) is 2. The minimum absolute atomic E-state index is 0.136. The van der Waals surface area contributed by atoms with Crippen LogP contribution in [-0.4, -0.2) is 18.0 Å². The second kappa shape index (κ2) is 7.44. The maximum Gasteiger partial charge on any atom is 0.223 e. The zero-order chi connectivity index (χ0) is 14.5. The molecule has 3 heteroatoms. The number of carbonyl (C=O) groups is 1. The summed E-state index contributed by atoms with van der Waals surface area (Å²) in [7, 11) is 0. The molecular formula is C17H32N2O. The van der Waals surface area contributed by atoms with Gasteiger partial charge in [0.2, 0.25) is 5.91 Å². The van der Waals surface area contributed by atoms with Crippen molar-refractivity contribution in [2.75, 3.05) is 0 Å². The van der Waals surface area contributed by atoms with E-state index in [1.807, 2.05) is 0 Å². The standard InChI is InChI=1S/C17H32N2O/c1-3-16(13-8-5-4-6-9-13)19-17(20)14-10-7-11-15(18)12(14)2/h12-16H,3-11,18H2,1-2H3,(H,19,20). The van der Waals surface area contributed by atoms with Gasteiger partial charge in [-0.05, 0) is 43.9 Å². The first-order valence-electron chi connectivity index (χ1n) is 8.69. The Kier molecular flexibility index (Phi) is 5.88. The Balaban J connectivity index is 1.90. The Morgan fingerprint density at radius 1 is 1.15 bits per heavy atom. The molecule has 3 N–H and O–H groups in total. The van der Waals surface area contributed by atoms with E-state index in [1.54, 1.807) is 0 Å². The average molecular weight is 280 g/mol. The second-order valence-electron chi connectivity index (χ2n) is 6.98. The first kappa shape index (κ1) is 15.8. The number of rotatable bonds is 4. The molecule has 0 saturated heterocycles. The third kappa shape index (κ3) is 3.75. The third-order valence-corrected chi connectivity index (χ3v) is 5.69. The number of nitrogens with one attached hydrogen (secondary N) is 1.